The third-order valence-electron chi connectivity index (χ3n) is 7.27. The van der Waals surface area contributed by atoms with Crippen molar-refractivity contribution in [1.29, 1.82) is 0 Å². The van der Waals surface area contributed by atoms with Crippen molar-refractivity contribution in [2.24, 2.45) is 0 Å². The summed E-state index contributed by atoms with van der Waals surface area (Å²) >= 11 is 0. The minimum atomic E-state index is -0.449. The van der Waals surface area contributed by atoms with E-state index in [1.807, 2.05) is 12.1 Å². The molecule has 0 amide bonds. The lowest BCUT2D eigenvalue weighted by Crippen LogP contribution is -2.33. The van der Waals surface area contributed by atoms with Crippen LogP contribution in [0.5, 0.6) is 5.75 Å². The first-order valence-electron chi connectivity index (χ1n) is 12.5. The fourth-order valence-corrected chi connectivity index (χ4v) is 5.14. The number of ether oxygens (including phenoxy) is 3. The molecule has 1 saturated heterocycles. The predicted molar refractivity (Wildman–Crippen MR) is 135 cm³/mol. The van der Waals surface area contributed by atoms with Gasteiger partial charge in [-0.25, -0.2) is 0 Å². The number of benzene rings is 3. The van der Waals surface area contributed by atoms with E-state index >= 15 is 0 Å². The molecule has 3 aromatic rings. The van der Waals surface area contributed by atoms with E-state index in [0.717, 1.165) is 17.7 Å². The van der Waals surface area contributed by atoms with Crippen molar-refractivity contribution in [3.63, 3.8) is 0 Å². The maximum absolute atomic E-state index is 10.2. The van der Waals surface area contributed by atoms with Gasteiger partial charge in [0, 0.05) is 12.8 Å². The largest absolute Gasteiger partial charge is 0.491 e. The summed E-state index contributed by atoms with van der Waals surface area (Å²) < 4.78 is 18.0. The van der Waals surface area contributed by atoms with Gasteiger partial charge in [0.1, 0.15) is 18.5 Å². The number of aliphatic hydroxyl groups is 2. The average Bonchev–Trinajstić information content (AvgIpc) is 3.29. The first-order valence-corrected chi connectivity index (χ1v) is 12.5. The van der Waals surface area contributed by atoms with E-state index < -0.39 is 6.10 Å². The summed E-state index contributed by atoms with van der Waals surface area (Å²) in [5, 5.41) is 19.7. The molecular weight excluding hydrogens is 440 g/mol. The lowest BCUT2D eigenvalue weighted by molar-refractivity contribution is -0.113. The van der Waals surface area contributed by atoms with Gasteiger partial charge < -0.3 is 24.4 Å². The van der Waals surface area contributed by atoms with E-state index in [9.17, 15) is 10.2 Å². The number of rotatable bonds is 7. The van der Waals surface area contributed by atoms with Gasteiger partial charge in [0.2, 0.25) is 0 Å². The van der Waals surface area contributed by atoms with E-state index in [0.29, 0.717) is 26.1 Å². The van der Waals surface area contributed by atoms with E-state index in [-0.39, 0.29) is 24.9 Å². The topological polar surface area (TPSA) is 68.2 Å². The van der Waals surface area contributed by atoms with Crippen LogP contribution in [0.2, 0.25) is 0 Å². The van der Waals surface area contributed by atoms with Crippen LogP contribution < -0.4 is 4.74 Å². The summed E-state index contributed by atoms with van der Waals surface area (Å²) in [5.74, 6) is 0.837. The van der Waals surface area contributed by atoms with Crippen LogP contribution in [0.1, 0.15) is 64.0 Å². The Labute approximate surface area is 207 Å². The number of fused-ring (bicyclic) bond motifs is 1. The zero-order valence-electron chi connectivity index (χ0n) is 20.4. The molecule has 5 heteroatoms. The van der Waals surface area contributed by atoms with Crippen LogP contribution >= 0.6 is 0 Å². The third kappa shape index (κ3) is 5.44. The zero-order valence-corrected chi connectivity index (χ0v) is 20.4. The maximum Gasteiger partial charge on any atom is 0.119 e. The van der Waals surface area contributed by atoms with Gasteiger partial charge in [-0.15, -0.1) is 0 Å². The molecule has 3 aromatic carbocycles. The Morgan fingerprint density at radius 1 is 0.971 bits per heavy atom. The molecule has 5 rings (SSSR count). The molecule has 2 heterocycles. The monoisotopic (exact) mass is 474 g/mol. The van der Waals surface area contributed by atoms with Crippen LogP contribution in [0.25, 0.3) is 0 Å². The van der Waals surface area contributed by atoms with Gasteiger partial charge in [-0.2, -0.15) is 0 Å². The molecule has 35 heavy (non-hydrogen) atoms. The number of hydrogen-bond acceptors (Lipinski definition) is 5. The minimum Gasteiger partial charge on any atom is -0.491 e. The molecule has 1 unspecified atom stereocenters. The molecule has 0 aliphatic carbocycles. The quantitative estimate of drug-likeness (QED) is 0.498. The highest BCUT2D eigenvalue weighted by molar-refractivity contribution is 5.39. The van der Waals surface area contributed by atoms with Gasteiger partial charge >= 0.3 is 0 Å². The highest BCUT2D eigenvalue weighted by Gasteiger charge is 2.29. The molecule has 1 fully saturated rings. The number of aryl methyl sites for hydroxylation is 2. The second-order valence-corrected chi connectivity index (χ2v) is 9.81. The third-order valence-corrected chi connectivity index (χ3v) is 7.27. The zero-order chi connectivity index (χ0) is 24.4. The summed E-state index contributed by atoms with van der Waals surface area (Å²) in [6.07, 6.45) is 0.859. The Morgan fingerprint density at radius 2 is 1.80 bits per heavy atom. The lowest BCUT2D eigenvalue weighted by atomic mass is 9.92. The van der Waals surface area contributed by atoms with Gasteiger partial charge in [0.15, 0.2) is 0 Å². The van der Waals surface area contributed by atoms with Crippen molar-refractivity contribution >= 4 is 0 Å². The average molecular weight is 475 g/mol. The smallest absolute Gasteiger partial charge is 0.119 e. The van der Waals surface area contributed by atoms with Crippen LogP contribution in [0.15, 0.2) is 60.7 Å². The van der Waals surface area contributed by atoms with Gasteiger partial charge in [0.25, 0.3) is 0 Å². The summed E-state index contributed by atoms with van der Waals surface area (Å²) in [6.45, 7) is 5.32. The van der Waals surface area contributed by atoms with Gasteiger partial charge in [-0.05, 0) is 71.3 Å². The summed E-state index contributed by atoms with van der Waals surface area (Å²) in [6, 6.07) is 20.9. The van der Waals surface area contributed by atoms with E-state index in [4.69, 9.17) is 14.2 Å². The van der Waals surface area contributed by atoms with E-state index in [2.05, 4.69) is 62.4 Å². The standard InChI is InChI=1S/C30H34O5/c1-19-6-9-22(29-15-24(32)14-26(16-31)35-29)13-23(19)12-21-7-10-25(11-8-21)33-18-30-27-5-3-4-20(2)28(27)17-34-30/h3-11,13,24,26,29-32H,12,14-18H2,1-2H3/t24-,26-,29+,30?/m0/s1. The first-order chi connectivity index (χ1) is 17.0. The Bertz CT molecular complexity index is 1160. The second-order valence-electron chi connectivity index (χ2n) is 9.81. The van der Waals surface area contributed by atoms with Crippen LogP contribution in [-0.4, -0.2) is 35.6 Å². The molecular formula is C30H34O5. The van der Waals surface area contributed by atoms with Crippen molar-refractivity contribution in [1.82, 2.24) is 0 Å². The summed E-state index contributed by atoms with van der Waals surface area (Å²) in [7, 11) is 0. The van der Waals surface area contributed by atoms with Gasteiger partial charge in [-0.1, -0.05) is 48.5 Å². The van der Waals surface area contributed by atoms with Crippen molar-refractivity contribution in [3.8, 4) is 5.75 Å². The Morgan fingerprint density at radius 3 is 2.60 bits per heavy atom. The predicted octanol–water partition coefficient (Wildman–Crippen LogP) is 5.12. The molecule has 0 bridgehead atoms. The molecule has 2 aliphatic rings. The van der Waals surface area contributed by atoms with Crippen molar-refractivity contribution in [2.45, 2.75) is 64.1 Å². The van der Waals surface area contributed by atoms with Gasteiger partial charge in [-0.3, -0.25) is 0 Å². The summed E-state index contributed by atoms with van der Waals surface area (Å²) in [5.41, 5.74) is 8.49. The van der Waals surface area contributed by atoms with E-state index in [1.54, 1.807) is 0 Å². The van der Waals surface area contributed by atoms with Crippen molar-refractivity contribution in [3.05, 3.63) is 99.6 Å². The first kappa shape index (κ1) is 24.0. The Balaban J connectivity index is 1.22. The molecule has 4 atom stereocenters. The molecule has 2 aliphatic heterocycles. The molecule has 5 nitrogen and oxygen atoms in total. The van der Waals surface area contributed by atoms with Crippen molar-refractivity contribution in [2.75, 3.05) is 13.2 Å². The molecule has 0 spiro atoms. The molecule has 0 saturated carbocycles. The van der Waals surface area contributed by atoms with Crippen LogP contribution in [0.4, 0.5) is 0 Å². The molecule has 0 radical (unpaired) electrons. The molecule has 0 aromatic heterocycles. The second kappa shape index (κ2) is 10.5. The minimum absolute atomic E-state index is 0.0269. The fraction of sp³-hybridized carbons (Fsp3) is 0.400. The summed E-state index contributed by atoms with van der Waals surface area (Å²) in [4.78, 5) is 0. The number of hydrogen-bond donors (Lipinski definition) is 2. The maximum atomic E-state index is 10.2. The molecule has 2 N–H and O–H groups in total. The molecule has 184 valence electrons. The Hall–Kier alpha value is -2.70. The highest BCUT2D eigenvalue weighted by atomic mass is 16.5. The normalized spacial score (nSPS) is 23.8. The number of aliphatic hydroxyl groups excluding tert-OH is 2. The van der Waals surface area contributed by atoms with Crippen LogP contribution in [-0.2, 0) is 22.5 Å². The lowest BCUT2D eigenvalue weighted by Gasteiger charge is -2.32. The van der Waals surface area contributed by atoms with Crippen LogP contribution in [0, 0.1) is 13.8 Å². The Kier molecular flexibility index (Phi) is 7.21. The van der Waals surface area contributed by atoms with E-state index in [1.165, 1.54) is 33.4 Å². The highest BCUT2D eigenvalue weighted by Crippen LogP contribution is 2.34. The fourth-order valence-electron chi connectivity index (χ4n) is 5.14. The van der Waals surface area contributed by atoms with Crippen LogP contribution in [0.3, 0.4) is 0 Å². The van der Waals surface area contributed by atoms with Crippen molar-refractivity contribution < 1.29 is 24.4 Å². The SMILES string of the molecule is Cc1ccc([C@H]2C[C@@H](O)C[C@@H](CO)O2)cc1Cc1ccc(OCC2OCc3c(C)cccc32)cc1. The van der Waals surface area contributed by atoms with Gasteiger partial charge in [0.05, 0.1) is 31.5 Å².